The number of rotatable bonds is 3. The summed E-state index contributed by atoms with van der Waals surface area (Å²) in [6, 6.07) is 20.3. The highest BCUT2D eigenvalue weighted by atomic mass is 79.9. The van der Waals surface area contributed by atoms with Crippen LogP contribution in [0.15, 0.2) is 65.1 Å². The number of hydrogen-bond acceptors (Lipinski definition) is 2. The van der Waals surface area contributed by atoms with E-state index < -0.39 is 0 Å². The lowest BCUT2D eigenvalue weighted by Crippen LogP contribution is -2.14. The van der Waals surface area contributed by atoms with Gasteiger partial charge >= 0.3 is 0 Å². The maximum absolute atomic E-state index is 6.29. The van der Waals surface area contributed by atoms with Gasteiger partial charge in [-0.1, -0.05) is 52.3 Å². The van der Waals surface area contributed by atoms with Gasteiger partial charge in [0.2, 0.25) is 0 Å². The third-order valence-electron chi connectivity index (χ3n) is 3.34. The first-order valence-corrected chi connectivity index (χ1v) is 7.37. The molecule has 100 valence electrons. The second-order valence-electron chi connectivity index (χ2n) is 4.87. The molecule has 0 saturated heterocycles. The van der Waals surface area contributed by atoms with Crippen molar-refractivity contribution in [3.63, 3.8) is 0 Å². The number of fused-ring (bicyclic) bond motifs is 1. The average molecular weight is 327 g/mol. The molecule has 1 atom stereocenters. The van der Waals surface area contributed by atoms with Crippen LogP contribution in [0.5, 0.6) is 0 Å². The molecule has 0 aliphatic carbocycles. The molecule has 0 aliphatic rings. The van der Waals surface area contributed by atoms with Crippen molar-refractivity contribution in [1.82, 2.24) is 4.98 Å². The first-order chi connectivity index (χ1) is 9.72. The topological polar surface area (TPSA) is 38.9 Å². The summed E-state index contributed by atoms with van der Waals surface area (Å²) in [5, 5.41) is 1.14. The molecule has 2 aromatic carbocycles. The summed E-state index contributed by atoms with van der Waals surface area (Å²) in [5.74, 6) is 0. The summed E-state index contributed by atoms with van der Waals surface area (Å²) in [7, 11) is 0. The normalized spacial score (nSPS) is 12.5. The Bertz CT molecular complexity index is 740. The maximum atomic E-state index is 6.29. The van der Waals surface area contributed by atoms with E-state index in [1.165, 1.54) is 5.56 Å². The van der Waals surface area contributed by atoms with E-state index in [9.17, 15) is 0 Å². The number of para-hydroxylation sites is 1. The molecule has 3 heteroatoms. The van der Waals surface area contributed by atoms with Crippen LogP contribution >= 0.6 is 15.9 Å². The van der Waals surface area contributed by atoms with Gasteiger partial charge in [0.15, 0.2) is 0 Å². The maximum Gasteiger partial charge on any atom is 0.0706 e. The summed E-state index contributed by atoms with van der Waals surface area (Å²) in [6.07, 6.45) is 0.783. The van der Waals surface area contributed by atoms with Crippen molar-refractivity contribution in [2.75, 3.05) is 0 Å². The average Bonchev–Trinajstić information content (AvgIpc) is 2.47. The summed E-state index contributed by atoms with van der Waals surface area (Å²) in [4.78, 5) is 4.66. The molecule has 0 aliphatic heterocycles. The molecule has 0 spiro atoms. The zero-order valence-electron chi connectivity index (χ0n) is 11.0. The lowest BCUT2D eigenvalue weighted by atomic mass is 10.0. The van der Waals surface area contributed by atoms with Gasteiger partial charge in [0.05, 0.1) is 17.3 Å². The number of pyridine rings is 1. The summed E-state index contributed by atoms with van der Waals surface area (Å²) in [5.41, 5.74) is 9.43. The van der Waals surface area contributed by atoms with E-state index >= 15 is 0 Å². The molecule has 1 heterocycles. The van der Waals surface area contributed by atoms with Gasteiger partial charge in [-0.3, -0.25) is 4.98 Å². The molecule has 20 heavy (non-hydrogen) atoms. The molecule has 1 unspecified atom stereocenters. The third-order valence-corrected chi connectivity index (χ3v) is 3.84. The minimum atomic E-state index is -0.0890. The van der Waals surface area contributed by atoms with Gasteiger partial charge in [0, 0.05) is 9.86 Å². The van der Waals surface area contributed by atoms with Gasteiger partial charge in [0.1, 0.15) is 0 Å². The Kier molecular flexibility index (Phi) is 3.81. The Morgan fingerprint density at radius 3 is 2.70 bits per heavy atom. The Morgan fingerprint density at radius 1 is 1.00 bits per heavy atom. The van der Waals surface area contributed by atoms with Gasteiger partial charge in [0.25, 0.3) is 0 Å². The fourth-order valence-corrected chi connectivity index (χ4v) is 2.76. The Hall–Kier alpha value is -1.71. The smallest absolute Gasteiger partial charge is 0.0706 e. The van der Waals surface area contributed by atoms with Crippen LogP contribution in [-0.4, -0.2) is 4.98 Å². The SMILES string of the molecule is NC(Cc1cccc(Br)c1)c1ccc2ccccc2n1. The number of aromatic nitrogens is 1. The number of halogens is 1. The summed E-state index contributed by atoms with van der Waals surface area (Å²) in [6.45, 7) is 0. The van der Waals surface area contributed by atoms with Crippen molar-refractivity contribution in [1.29, 1.82) is 0 Å². The van der Waals surface area contributed by atoms with Gasteiger partial charge < -0.3 is 5.73 Å². The second-order valence-corrected chi connectivity index (χ2v) is 5.79. The van der Waals surface area contributed by atoms with E-state index in [4.69, 9.17) is 5.73 Å². The van der Waals surface area contributed by atoms with Gasteiger partial charge in [-0.05, 0) is 36.2 Å². The van der Waals surface area contributed by atoms with Crippen molar-refractivity contribution >= 4 is 26.8 Å². The van der Waals surface area contributed by atoms with Crippen molar-refractivity contribution in [3.8, 4) is 0 Å². The Labute approximate surface area is 126 Å². The second kappa shape index (κ2) is 5.73. The quantitative estimate of drug-likeness (QED) is 0.781. The van der Waals surface area contributed by atoms with Crippen molar-refractivity contribution in [2.24, 2.45) is 5.73 Å². The molecule has 0 bridgehead atoms. The largest absolute Gasteiger partial charge is 0.322 e. The fourth-order valence-electron chi connectivity index (χ4n) is 2.31. The number of nitrogens with two attached hydrogens (primary N) is 1. The van der Waals surface area contributed by atoms with Gasteiger partial charge in [-0.25, -0.2) is 0 Å². The molecule has 0 amide bonds. The molecule has 2 N–H and O–H groups in total. The number of benzene rings is 2. The molecular weight excluding hydrogens is 312 g/mol. The van der Waals surface area contributed by atoms with Crippen LogP contribution < -0.4 is 5.73 Å². The van der Waals surface area contributed by atoms with Crippen LogP contribution in [0.1, 0.15) is 17.3 Å². The van der Waals surface area contributed by atoms with Crippen molar-refractivity contribution in [3.05, 3.63) is 76.4 Å². The highest BCUT2D eigenvalue weighted by Crippen LogP contribution is 2.20. The van der Waals surface area contributed by atoms with Crippen LogP contribution in [0.2, 0.25) is 0 Å². The lowest BCUT2D eigenvalue weighted by molar-refractivity contribution is 0.700. The standard InChI is InChI=1S/C17H15BrN2/c18-14-6-3-4-12(10-14)11-15(19)17-9-8-13-5-1-2-7-16(13)20-17/h1-10,15H,11,19H2. The predicted molar refractivity (Wildman–Crippen MR) is 86.5 cm³/mol. The van der Waals surface area contributed by atoms with Crippen LogP contribution in [0.4, 0.5) is 0 Å². The van der Waals surface area contributed by atoms with E-state index in [1.54, 1.807) is 0 Å². The Morgan fingerprint density at radius 2 is 1.85 bits per heavy atom. The first kappa shape index (κ1) is 13.3. The van der Waals surface area contributed by atoms with Crippen molar-refractivity contribution in [2.45, 2.75) is 12.5 Å². The van der Waals surface area contributed by atoms with Crippen LogP contribution in [0.25, 0.3) is 10.9 Å². The summed E-state index contributed by atoms with van der Waals surface area (Å²) >= 11 is 3.48. The zero-order valence-corrected chi connectivity index (χ0v) is 12.5. The predicted octanol–water partition coefficient (Wildman–Crippen LogP) is 4.24. The highest BCUT2D eigenvalue weighted by molar-refractivity contribution is 9.10. The number of nitrogens with zero attached hydrogens (tertiary/aromatic N) is 1. The van der Waals surface area contributed by atoms with E-state index in [0.29, 0.717) is 0 Å². The van der Waals surface area contributed by atoms with Gasteiger partial charge in [-0.15, -0.1) is 0 Å². The molecule has 0 saturated carbocycles. The van der Waals surface area contributed by atoms with Crippen LogP contribution in [-0.2, 0) is 6.42 Å². The molecule has 3 rings (SSSR count). The molecule has 1 aromatic heterocycles. The van der Waals surface area contributed by atoms with Crippen LogP contribution in [0, 0.1) is 0 Å². The molecule has 3 aromatic rings. The Balaban J connectivity index is 1.86. The fraction of sp³-hybridized carbons (Fsp3) is 0.118. The minimum Gasteiger partial charge on any atom is -0.322 e. The monoisotopic (exact) mass is 326 g/mol. The zero-order chi connectivity index (χ0) is 13.9. The van der Waals surface area contributed by atoms with E-state index in [-0.39, 0.29) is 6.04 Å². The summed E-state index contributed by atoms with van der Waals surface area (Å²) < 4.78 is 1.08. The first-order valence-electron chi connectivity index (χ1n) is 6.58. The lowest BCUT2D eigenvalue weighted by Gasteiger charge is -2.12. The molecular formula is C17H15BrN2. The molecule has 0 radical (unpaired) electrons. The minimum absolute atomic E-state index is 0.0890. The molecule has 2 nitrogen and oxygen atoms in total. The van der Waals surface area contributed by atoms with Crippen LogP contribution in [0.3, 0.4) is 0 Å². The highest BCUT2D eigenvalue weighted by Gasteiger charge is 2.09. The number of hydrogen-bond donors (Lipinski definition) is 1. The third kappa shape index (κ3) is 2.89. The molecule has 0 fully saturated rings. The van der Waals surface area contributed by atoms with E-state index in [2.05, 4.69) is 45.2 Å². The van der Waals surface area contributed by atoms with Gasteiger partial charge in [-0.2, -0.15) is 0 Å². The van der Waals surface area contributed by atoms with Crippen molar-refractivity contribution < 1.29 is 0 Å². The van der Waals surface area contributed by atoms with E-state index in [0.717, 1.165) is 27.5 Å². The van der Waals surface area contributed by atoms with E-state index in [1.807, 2.05) is 36.4 Å².